The molecule has 0 spiro atoms. The summed E-state index contributed by atoms with van der Waals surface area (Å²) < 4.78 is 10.00. The largest absolute Gasteiger partial charge is 0.324 e. The van der Waals surface area contributed by atoms with Gasteiger partial charge in [0.1, 0.15) is 0 Å². The third kappa shape index (κ3) is 1.21. The molecule has 1 saturated heterocycles. The number of benzene rings is 1. The second-order valence-electron chi connectivity index (χ2n) is 3.50. The van der Waals surface area contributed by atoms with Crippen LogP contribution in [0.4, 0.5) is 5.69 Å². The zero-order chi connectivity index (χ0) is 9.54. The lowest BCUT2D eigenvalue weighted by atomic mass is 10.1. The normalized spacial score (nSPS) is 24.6. The second kappa shape index (κ2) is 3.13. The molecule has 1 fully saturated rings. The first-order valence-electron chi connectivity index (χ1n) is 4.54. The Morgan fingerprint density at radius 1 is 1.43 bits per heavy atom. The number of rotatable bonds is 1. The van der Waals surface area contributed by atoms with Crippen molar-refractivity contribution in [3.63, 3.8) is 0 Å². The summed E-state index contributed by atoms with van der Waals surface area (Å²) >= 11 is 0.975. The average molecular weight is 210 g/mol. The quantitative estimate of drug-likeness (QED) is 0.717. The molecular weight excluding hydrogens is 200 g/mol. The lowest BCUT2D eigenvalue weighted by Crippen LogP contribution is -2.26. The highest BCUT2D eigenvalue weighted by atomic mass is 32.2. The van der Waals surface area contributed by atoms with Gasteiger partial charge in [-0.25, -0.2) is 0 Å². The summed E-state index contributed by atoms with van der Waals surface area (Å²) in [6, 6.07) is 6.29. The predicted octanol–water partition coefficient (Wildman–Crippen LogP) is 1.88. The average Bonchev–Trinajstić information content (AvgIpc) is 2.45. The fourth-order valence-electron chi connectivity index (χ4n) is 1.90. The van der Waals surface area contributed by atoms with Crippen LogP contribution in [0.1, 0.15) is 23.6 Å². The van der Waals surface area contributed by atoms with E-state index < -0.39 is 0 Å². The van der Waals surface area contributed by atoms with Gasteiger partial charge in [0.05, 0.1) is 5.69 Å². The van der Waals surface area contributed by atoms with E-state index in [2.05, 4.69) is 12.1 Å². The summed E-state index contributed by atoms with van der Waals surface area (Å²) in [6.07, 6.45) is 2.08. The number of anilines is 1. The van der Waals surface area contributed by atoms with E-state index in [1.165, 1.54) is 16.4 Å². The van der Waals surface area contributed by atoms with E-state index in [9.17, 15) is 0 Å². The van der Waals surface area contributed by atoms with Crippen LogP contribution >= 0.6 is 12.3 Å². The van der Waals surface area contributed by atoms with E-state index >= 15 is 0 Å². The van der Waals surface area contributed by atoms with Crippen molar-refractivity contribution in [2.45, 2.75) is 18.9 Å². The van der Waals surface area contributed by atoms with Crippen molar-refractivity contribution < 1.29 is 8.57 Å². The second-order valence-corrected chi connectivity index (χ2v) is 3.94. The Hall–Kier alpha value is -0.750. The van der Waals surface area contributed by atoms with Gasteiger partial charge in [0, 0.05) is 6.04 Å². The van der Waals surface area contributed by atoms with Crippen LogP contribution in [0, 0.1) is 0 Å². The third-order valence-electron chi connectivity index (χ3n) is 2.66. The number of nitrogens with two attached hydrogens (primary N) is 1. The first-order valence-corrected chi connectivity index (χ1v) is 5.21. The highest BCUT2D eigenvalue weighted by molar-refractivity contribution is 7.90. The number of hydrogen-bond donors (Lipinski definition) is 1. The molecule has 5 heteroatoms. The zero-order valence-corrected chi connectivity index (χ0v) is 8.29. The lowest BCUT2D eigenvalue weighted by Gasteiger charge is -2.26. The molecule has 0 bridgehead atoms. The van der Waals surface area contributed by atoms with E-state index in [0.29, 0.717) is 0 Å². The Morgan fingerprint density at radius 2 is 2.29 bits per heavy atom. The van der Waals surface area contributed by atoms with Gasteiger partial charge >= 0.3 is 0 Å². The summed E-state index contributed by atoms with van der Waals surface area (Å²) in [5, 5.41) is 1.40. The molecule has 0 aromatic heterocycles. The number of hydrogen-bond acceptors (Lipinski definition) is 5. The van der Waals surface area contributed by atoms with Crippen LogP contribution < -0.4 is 11.0 Å². The van der Waals surface area contributed by atoms with Gasteiger partial charge in [0.2, 0.25) is 12.3 Å². The monoisotopic (exact) mass is 210 g/mol. The molecule has 1 aliphatic heterocycles. The van der Waals surface area contributed by atoms with Crippen LogP contribution in [0.15, 0.2) is 18.2 Å². The molecule has 0 unspecified atom stereocenters. The topological polar surface area (TPSA) is 47.7 Å². The van der Waals surface area contributed by atoms with E-state index in [0.717, 1.165) is 30.9 Å². The molecule has 1 aromatic carbocycles. The molecule has 1 aromatic rings. The van der Waals surface area contributed by atoms with Crippen LogP contribution in [-0.2, 0) is 15.0 Å². The molecule has 0 amide bonds. The highest BCUT2D eigenvalue weighted by Crippen LogP contribution is 2.36. The van der Waals surface area contributed by atoms with Crippen LogP contribution in [0.3, 0.4) is 0 Å². The lowest BCUT2D eigenvalue weighted by molar-refractivity contribution is 0.0269. The van der Waals surface area contributed by atoms with Crippen molar-refractivity contribution in [1.29, 1.82) is 0 Å². The predicted molar refractivity (Wildman–Crippen MR) is 53.9 cm³/mol. The number of fused-ring (bicyclic) bond motifs is 1. The fraction of sp³-hybridized carbons (Fsp3) is 0.333. The van der Waals surface area contributed by atoms with Gasteiger partial charge < -0.3 is 5.73 Å². The van der Waals surface area contributed by atoms with Crippen molar-refractivity contribution in [3.05, 3.63) is 29.3 Å². The van der Waals surface area contributed by atoms with Crippen molar-refractivity contribution in [2.75, 3.05) is 5.23 Å². The van der Waals surface area contributed by atoms with Gasteiger partial charge in [-0.15, -0.1) is 8.57 Å². The summed E-state index contributed by atoms with van der Waals surface area (Å²) in [5.41, 5.74) is 9.42. The highest BCUT2D eigenvalue weighted by Gasteiger charge is 2.24. The number of nitrogens with zero attached hydrogens (tertiary/aromatic N) is 1. The molecule has 74 valence electrons. The Labute approximate surface area is 86.3 Å². The van der Waals surface area contributed by atoms with Crippen molar-refractivity contribution in [3.8, 4) is 0 Å². The van der Waals surface area contributed by atoms with Gasteiger partial charge in [-0.3, -0.25) is 0 Å². The first-order chi connectivity index (χ1) is 6.84. The first kappa shape index (κ1) is 8.55. The Morgan fingerprint density at radius 3 is 3.00 bits per heavy atom. The molecule has 1 aliphatic carbocycles. The van der Waals surface area contributed by atoms with E-state index in [1.807, 2.05) is 6.07 Å². The molecule has 2 aliphatic rings. The SMILES string of the molecule is N[C@H]1CCc2cc(N3OSO3)ccc21. The van der Waals surface area contributed by atoms with E-state index in [-0.39, 0.29) is 6.04 Å². The van der Waals surface area contributed by atoms with Crippen molar-refractivity contribution >= 4 is 18.0 Å². The Kier molecular flexibility index (Phi) is 1.91. The molecular formula is C9H10N2O2S. The van der Waals surface area contributed by atoms with Crippen LogP contribution in [0.5, 0.6) is 0 Å². The van der Waals surface area contributed by atoms with Gasteiger partial charge in [-0.05, 0) is 36.1 Å². The summed E-state index contributed by atoms with van der Waals surface area (Å²) in [5.74, 6) is 0. The molecule has 2 N–H and O–H groups in total. The number of aryl methyl sites for hydroxylation is 1. The van der Waals surface area contributed by atoms with E-state index in [4.69, 9.17) is 14.3 Å². The van der Waals surface area contributed by atoms with Gasteiger partial charge in [0.15, 0.2) is 0 Å². The molecule has 1 atom stereocenters. The van der Waals surface area contributed by atoms with Crippen LogP contribution in [0.2, 0.25) is 0 Å². The van der Waals surface area contributed by atoms with Gasteiger partial charge in [0.25, 0.3) is 0 Å². The Balaban J connectivity index is 1.95. The maximum absolute atomic E-state index is 5.94. The summed E-state index contributed by atoms with van der Waals surface area (Å²) in [6.45, 7) is 0. The van der Waals surface area contributed by atoms with Crippen LogP contribution in [-0.4, -0.2) is 0 Å². The maximum atomic E-state index is 5.94. The van der Waals surface area contributed by atoms with Crippen molar-refractivity contribution in [1.82, 2.24) is 0 Å². The zero-order valence-electron chi connectivity index (χ0n) is 7.47. The van der Waals surface area contributed by atoms with Gasteiger partial charge in [-0.1, -0.05) is 11.3 Å². The summed E-state index contributed by atoms with van der Waals surface area (Å²) in [4.78, 5) is 0. The maximum Gasteiger partial charge on any atom is 0.217 e. The van der Waals surface area contributed by atoms with Crippen molar-refractivity contribution in [2.24, 2.45) is 5.73 Å². The fourth-order valence-corrected chi connectivity index (χ4v) is 2.19. The molecule has 4 nitrogen and oxygen atoms in total. The Bertz CT molecular complexity index is 368. The molecule has 1 heterocycles. The third-order valence-corrected chi connectivity index (χ3v) is 3.05. The standard InChI is InChI=1S/C9H10N2O2S/c10-9-4-1-6-5-7(2-3-8(6)9)11-12-14-13-11/h2-3,5,9H,1,4,10H2/t9-/m0/s1. The van der Waals surface area contributed by atoms with Gasteiger partial charge in [-0.2, -0.15) is 0 Å². The summed E-state index contributed by atoms with van der Waals surface area (Å²) in [7, 11) is 0. The van der Waals surface area contributed by atoms with Crippen LogP contribution in [0.25, 0.3) is 0 Å². The van der Waals surface area contributed by atoms with E-state index in [1.54, 1.807) is 0 Å². The minimum atomic E-state index is 0.201. The molecule has 14 heavy (non-hydrogen) atoms. The minimum Gasteiger partial charge on any atom is -0.324 e. The molecule has 0 saturated carbocycles. The smallest absolute Gasteiger partial charge is 0.217 e. The molecule has 3 rings (SSSR count). The molecule has 0 radical (unpaired) electrons. The minimum absolute atomic E-state index is 0.201.